The summed E-state index contributed by atoms with van der Waals surface area (Å²) >= 11 is 0. The second kappa shape index (κ2) is 6.56. The number of carbonyl (C=O) groups is 2. The Bertz CT molecular complexity index is 856. The Morgan fingerprint density at radius 1 is 1.27 bits per heavy atom. The molecule has 1 saturated carbocycles. The molecule has 2 aromatic rings. The topological polar surface area (TPSA) is 62.3 Å². The number of anilines is 2. The molecule has 26 heavy (non-hydrogen) atoms. The van der Waals surface area contributed by atoms with Gasteiger partial charge in [-0.1, -0.05) is 25.5 Å². The van der Waals surface area contributed by atoms with E-state index >= 15 is 0 Å². The molecule has 1 aliphatic carbocycles. The first-order chi connectivity index (χ1) is 12.6. The molecule has 1 aliphatic heterocycles. The van der Waals surface area contributed by atoms with Crippen LogP contribution in [0, 0.1) is 6.92 Å². The van der Waals surface area contributed by atoms with Crippen LogP contribution in [0.15, 0.2) is 36.5 Å². The number of aryl methyl sites for hydroxylation is 1. The van der Waals surface area contributed by atoms with Gasteiger partial charge in [0.25, 0.3) is 5.91 Å². The first-order valence-corrected chi connectivity index (χ1v) is 9.30. The normalized spacial score (nSPS) is 19.1. The summed E-state index contributed by atoms with van der Waals surface area (Å²) in [6, 6.07) is 9.07. The van der Waals surface area contributed by atoms with E-state index in [0.29, 0.717) is 17.9 Å². The SMILES string of the molecule is CCCC1C(=O)Nc2cccc(C3CC3)c2N1C(=O)c1ccc(C)nc1. The summed E-state index contributed by atoms with van der Waals surface area (Å²) in [4.78, 5) is 32.1. The molecule has 1 atom stereocenters. The summed E-state index contributed by atoms with van der Waals surface area (Å²) in [6.07, 6.45) is 5.34. The van der Waals surface area contributed by atoms with Crippen LogP contribution in [0.3, 0.4) is 0 Å². The summed E-state index contributed by atoms with van der Waals surface area (Å²) < 4.78 is 0. The number of amides is 2. The monoisotopic (exact) mass is 349 g/mol. The van der Waals surface area contributed by atoms with Crippen molar-refractivity contribution in [1.82, 2.24) is 4.98 Å². The lowest BCUT2D eigenvalue weighted by Gasteiger charge is -2.38. The zero-order chi connectivity index (χ0) is 18.3. The van der Waals surface area contributed by atoms with Gasteiger partial charge in [0.1, 0.15) is 6.04 Å². The van der Waals surface area contributed by atoms with Crippen LogP contribution in [0.2, 0.25) is 0 Å². The van der Waals surface area contributed by atoms with Crippen molar-refractivity contribution in [2.24, 2.45) is 0 Å². The highest BCUT2D eigenvalue weighted by Gasteiger charge is 2.40. The lowest BCUT2D eigenvalue weighted by atomic mass is 9.97. The molecule has 0 radical (unpaired) electrons. The van der Waals surface area contributed by atoms with Gasteiger partial charge in [-0.25, -0.2) is 0 Å². The van der Waals surface area contributed by atoms with Gasteiger partial charge in [-0.15, -0.1) is 0 Å². The maximum Gasteiger partial charge on any atom is 0.260 e. The fourth-order valence-corrected chi connectivity index (χ4v) is 3.65. The summed E-state index contributed by atoms with van der Waals surface area (Å²) in [5.74, 6) is 0.217. The summed E-state index contributed by atoms with van der Waals surface area (Å²) in [6.45, 7) is 3.93. The Hall–Kier alpha value is -2.69. The molecule has 2 heterocycles. The van der Waals surface area contributed by atoms with E-state index in [1.54, 1.807) is 17.2 Å². The molecule has 134 valence electrons. The van der Waals surface area contributed by atoms with Gasteiger partial charge in [0.05, 0.1) is 16.9 Å². The molecule has 1 N–H and O–H groups in total. The van der Waals surface area contributed by atoms with Crippen LogP contribution in [0.25, 0.3) is 0 Å². The quantitative estimate of drug-likeness (QED) is 0.906. The molecule has 2 amide bonds. The highest BCUT2D eigenvalue weighted by atomic mass is 16.2. The molecule has 0 spiro atoms. The number of carbonyl (C=O) groups excluding carboxylic acids is 2. The molecule has 2 aliphatic rings. The number of hydrogen-bond donors (Lipinski definition) is 1. The van der Waals surface area contributed by atoms with Gasteiger partial charge in [-0.2, -0.15) is 0 Å². The minimum Gasteiger partial charge on any atom is -0.322 e. The molecule has 1 unspecified atom stereocenters. The number of pyridine rings is 1. The van der Waals surface area contributed by atoms with E-state index in [1.165, 1.54) is 0 Å². The number of rotatable bonds is 4. The van der Waals surface area contributed by atoms with E-state index in [0.717, 1.165) is 41.9 Å². The van der Waals surface area contributed by atoms with Crippen LogP contribution in [-0.2, 0) is 4.79 Å². The minimum absolute atomic E-state index is 0.110. The third-order valence-corrected chi connectivity index (χ3v) is 5.14. The van der Waals surface area contributed by atoms with E-state index in [4.69, 9.17) is 0 Å². The van der Waals surface area contributed by atoms with Crippen molar-refractivity contribution >= 4 is 23.2 Å². The molecule has 1 aromatic carbocycles. The molecule has 5 heteroatoms. The maximum absolute atomic E-state index is 13.4. The van der Waals surface area contributed by atoms with Gasteiger partial charge in [0.2, 0.25) is 5.91 Å². The average molecular weight is 349 g/mol. The third kappa shape index (κ3) is 2.87. The smallest absolute Gasteiger partial charge is 0.260 e. The molecule has 1 fully saturated rings. The van der Waals surface area contributed by atoms with Crippen LogP contribution < -0.4 is 10.2 Å². The lowest BCUT2D eigenvalue weighted by Crippen LogP contribution is -2.51. The van der Waals surface area contributed by atoms with Crippen LogP contribution in [0.1, 0.15) is 60.1 Å². The highest BCUT2D eigenvalue weighted by Crippen LogP contribution is 2.48. The van der Waals surface area contributed by atoms with E-state index in [2.05, 4.69) is 16.4 Å². The van der Waals surface area contributed by atoms with E-state index in [9.17, 15) is 9.59 Å². The fraction of sp³-hybridized carbons (Fsp3) is 0.381. The van der Waals surface area contributed by atoms with Gasteiger partial charge in [0, 0.05) is 11.9 Å². The first-order valence-electron chi connectivity index (χ1n) is 9.30. The summed E-state index contributed by atoms with van der Waals surface area (Å²) in [5, 5.41) is 3.01. The van der Waals surface area contributed by atoms with Crippen molar-refractivity contribution < 1.29 is 9.59 Å². The number of fused-ring (bicyclic) bond motifs is 1. The van der Waals surface area contributed by atoms with Crippen molar-refractivity contribution in [2.75, 3.05) is 10.2 Å². The predicted molar refractivity (Wildman–Crippen MR) is 102 cm³/mol. The standard InChI is InChI=1S/C21H23N3O2/c1-3-5-18-20(25)23-17-7-4-6-16(14-10-11-14)19(17)24(18)21(26)15-9-8-13(2)22-12-15/h4,6-9,12,14,18H,3,5,10-11H2,1-2H3,(H,23,25). The van der Waals surface area contributed by atoms with Crippen LogP contribution >= 0.6 is 0 Å². The van der Waals surface area contributed by atoms with Crippen molar-refractivity contribution in [3.8, 4) is 0 Å². The fourth-order valence-electron chi connectivity index (χ4n) is 3.65. The Morgan fingerprint density at radius 2 is 2.08 bits per heavy atom. The van der Waals surface area contributed by atoms with Gasteiger partial charge in [0.15, 0.2) is 0 Å². The molecular formula is C21H23N3O2. The molecule has 5 nitrogen and oxygen atoms in total. The number of aromatic nitrogens is 1. The first kappa shape index (κ1) is 16.8. The highest BCUT2D eigenvalue weighted by molar-refractivity contribution is 6.17. The predicted octanol–water partition coefficient (Wildman–Crippen LogP) is 4.04. The average Bonchev–Trinajstić information content (AvgIpc) is 3.47. The Kier molecular flexibility index (Phi) is 4.23. The second-order valence-corrected chi connectivity index (χ2v) is 7.17. The van der Waals surface area contributed by atoms with Gasteiger partial charge in [-0.05, 0) is 55.9 Å². The maximum atomic E-state index is 13.4. The number of hydrogen-bond acceptors (Lipinski definition) is 3. The number of nitrogens with one attached hydrogen (secondary N) is 1. The van der Waals surface area contributed by atoms with E-state index in [-0.39, 0.29) is 11.8 Å². The van der Waals surface area contributed by atoms with Gasteiger partial charge < -0.3 is 5.32 Å². The largest absolute Gasteiger partial charge is 0.322 e. The Balaban J connectivity index is 1.84. The van der Waals surface area contributed by atoms with Crippen LogP contribution in [-0.4, -0.2) is 22.8 Å². The number of para-hydroxylation sites is 1. The number of benzene rings is 1. The summed E-state index contributed by atoms with van der Waals surface area (Å²) in [5.41, 5.74) is 4.15. The summed E-state index contributed by atoms with van der Waals surface area (Å²) in [7, 11) is 0. The lowest BCUT2D eigenvalue weighted by molar-refractivity contribution is -0.117. The van der Waals surface area contributed by atoms with E-state index in [1.807, 2.05) is 32.0 Å². The van der Waals surface area contributed by atoms with Crippen molar-refractivity contribution in [1.29, 1.82) is 0 Å². The zero-order valence-electron chi connectivity index (χ0n) is 15.2. The molecular weight excluding hydrogens is 326 g/mol. The third-order valence-electron chi connectivity index (χ3n) is 5.14. The van der Waals surface area contributed by atoms with E-state index < -0.39 is 6.04 Å². The molecule has 0 saturated heterocycles. The minimum atomic E-state index is -0.485. The van der Waals surface area contributed by atoms with Crippen molar-refractivity contribution in [3.05, 3.63) is 53.3 Å². The Morgan fingerprint density at radius 3 is 2.73 bits per heavy atom. The van der Waals surface area contributed by atoms with Gasteiger partial charge >= 0.3 is 0 Å². The van der Waals surface area contributed by atoms with Crippen LogP contribution in [0.4, 0.5) is 11.4 Å². The van der Waals surface area contributed by atoms with Crippen LogP contribution in [0.5, 0.6) is 0 Å². The van der Waals surface area contributed by atoms with Gasteiger partial charge in [-0.3, -0.25) is 19.5 Å². The van der Waals surface area contributed by atoms with Crippen molar-refractivity contribution in [2.45, 2.75) is 51.5 Å². The molecule has 1 aromatic heterocycles. The second-order valence-electron chi connectivity index (χ2n) is 7.17. The zero-order valence-corrected chi connectivity index (χ0v) is 15.2. The Labute approximate surface area is 153 Å². The number of nitrogens with zero attached hydrogens (tertiary/aromatic N) is 2. The molecule has 4 rings (SSSR count). The molecule has 0 bridgehead atoms. The van der Waals surface area contributed by atoms with Crippen molar-refractivity contribution in [3.63, 3.8) is 0 Å².